The molecule has 0 aliphatic heterocycles. The monoisotopic (exact) mass is 190 g/mol. The van der Waals surface area contributed by atoms with Crippen molar-refractivity contribution in [1.82, 2.24) is 9.97 Å². The van der Waals surface area contributed by atoms with Crippen molar-refractivity contribution in [1.29, 1.82) is 0 Å². The average Bonchev–Trinajstić information content (AvgIpc) is 2.30. The largest absolute Gasteiger partial charge is 0.253 e. The molecular formula is C12H18N2. The number of hydrogen-bond acceptors (Lipinski definition) is 2. The molecule has 0 saturated carbocycles. The van der Waals surface area contributed by atoms with Gasteiger partial charge in [0.05, 0.1) is 11.4 Å². The van der Waals surface area contributed by atoms with Crippen molar-refractivity contribution in [3.8, 4) is 0 Å². The van der Waals surface area contributed by atoms with Crippen molar-refractivity contribution in [3.05, 3.63) is 36.4 Å². The van der Waals surface area contributed by atoms with Crippen LogP contribution in [0.4, 0.5) is 0 Å². The van der Waals surface area contributed by atoms with E-state index in [1.807, 2.05) is 33.8 Å². The first kappa shape index (κ1) is 12.6. The fourth-order valence-corrected chi connectivity index (χ4v) is 0.939. The van der Waals surface area contributed by atoms with Crippen LogP contribution in [0.15, 0.2) is 25.0 Å². The summed E-state index contributed by atoms with van der Waals surface area (Å²) < 4.78 is 0. The van der Waals surface area contributed by atoms with E-state index in [1.165, 1.54) is 0 Å². The highest BCUT2D eigenvalue weighted by Gasteiger charge is 2.01. The lowest BCUT2D eigenvalue weighted by Gasteiger charge is -2.01. The van der Waals surface area contributed by atoms with Crippen molar-refractivity contribution in [2.75, 3.05) is 0 Å². The molecule has 1 rings (SSSR count). The molecule has 0 aromatic carbocycles. The van der Waals surface area contributed by atoms with Gasteiger partial charge in [-0.05, 0) is 25.5 Å². The maximum Gasteiger partial charge on any atom is 0.0912 e. The lowest BCUT2D eigenvalue weighted by atomic mass is 10.1. The molecule has 76 valence electrons. The molecule has 1 heterocycles. The predicted octanol–water partition coefficient (Wildman–Crippen LogP) is 3.57. The van der Waals surface area contributed by atoms with Gasteiger partial charge < -0.3 is 0 Å². The Balaban J connectivity index is 0.000000791. The van der Waals surface area contributed by atoms with Crippen molar-refractivity contribution >= 4 is 11.6 Å². The Labute approximate surface area is 86.4 Å². The first-order valence-corrected chi connectivity index (χ1v) is 4.86. The van der Waals surface area contributed by atoms with E-state index in [0.717, 1.165) is 17.0 Å². The summed E-state index contributed by atoms with van der Waals surface area (Å²) in [7, 11) is 0. The molecule has 0 aliphatic carbocycles. The second-order valence-corrected chi connectivity index (χ2v) is 2.47. The van der Waals surface area contributed by atoms with Crippen molar-refractivity contribution < 1.29 is 0 Å². The number of aromatic nitrogens is 2. The molecule has 0 amide bonds. The fourth-order valence-electron chi connectivity index (χ4n) is 0.939. The van der Waals surface area contributed by atoms with Crippen molar-refractivity contribution in [3.63, 3.8) is 0 Å². The zero-order valence-electron chi connectivity index (χ0n) is 9.41. The van der Waals surface area contributed by atoms with Crippen LogP contribution in [0.2, 0.25) is 0 Å². The Morgan fingerprint density at radius 1 is 1.29 bits per heavy atom. The summed E-state index contributed by atoms with van der Waals surface area (Å²) in [5, 5.41) is 0. The lowest BCUT2D eigenvalue weighted by molar-refractivity contribution is 1.14. The summed E-state index contributed by atoms with van der Waals surface area (Å²) in [6, 6.07) is 0. The van der Waals surface area contributed by atoms with Crippen LogP contribution in [-0.2, 0) is 0 Å². The molecule has 0 spiro atoms. The average molecular weight is 190 g/mol. The molecule has 2 heteroatoms. The van der Waals surface area contributed by atoms with E-state index < -0.39 is 0 Å². The Hall–Kier alpha value is -1.44. The van der Waals surface area contributed by atoms with E-state index in [0.29, 0.717) is 0 Å². The van der Waals surface area contributed by atoms with E-state index >= 15 is 0 Å². The van der Waals surface area contributed by atoms with Crippen LogP contribution < -0.4 is 0 Å². The zero-order chi connectivity index (χ0) is 11.0. The number of hydrogen-bond donors (Lipinski definition) is 0. The summed E-state index contributed by atoms with van der Waals surface area (Å²) in [4.78, 5) is 8.36. The minimum Gasteiger partial charge on any atom is -0.253 e. The van der Waals surface area contributed by atoms with Crippen LogP contribution in [0.25, 0.3) is 11.6 Å². The van der Waals surface area contributed by atoms with Gasteiger partial charge in [-0.2, -0.15) is 0 Å². The summed E-state index contributed by atoms with van der Waals surface area (Å²) in [6.45, 7) is 11.7. The maximum atomic E-state index is 4.22. The fraction of sp³-hybridized carbons (Fsp3) is 0.333. The summed E-state index contributed by atoms with van der Waals surface area (Å²) in [5.41, 5.74) is 2.88. The third-order valence-electron chi connectivity index (χ3n) is 1.73. The molecule has 14 heavy (non-hydrogen) atoms. The minimum absolute atomic E-state index is 0.841. The molecule has 0 N–H and O–H groups in total. The third kappa shape index (κ3) is 3.13. The van der Waals surface area contributed by atoms with Gasteiger partial charge in [0.2, 0.25) is 0 Å². The molecule has 0 bridgehead atoms. The van der Waals surface area contributed by atoms with Gasteiger partial charge in [0.25, 0.3) is 0 Å². The lowest BCUT2D eigenvalue weighted by Crippen LogP contribution is -1.92. The van der Waals surface area contributed by atoms with E-state index in [2.05, 4.69) is 16.5 Å². The highest BCUT2D eigenvalue weighted by molar-refractivity contribution is 5.67. The minimum atomic E-state index is 0.841. The Kier molecular flexibility index (Phi) is 6.29. The smallest absolute Gasteiger partial charge is 0.0912 e. The van der Waals surface area contributed by atoms with E-state index in [4.69, 9.17) is 0 Å². The quantitative estimate of drug-likeness (QED) is 0.712. The van der Waals surface area contributed by atoms with Gasteiger partial charge in [-0.3, -0.25) is 9.97 Å². The van der Waals surface area contributed by atoms with Crippen molar-refractivity contribution in [2.24, 2.45) is 0 Å². The highest BCUT2D eigenvalue weighted by Crippen LogP contribution is 2.13. The Bertz CT molecular complexity index is 314. The highest BCUT2D eigenvalue weighted by atomic mass is 14.8. The summed E-state index contributed by atoms with van der Waals surface area (Å²) in [6.07, 6.45) is 7.09. The summed E-state index contributed by atoms with van der Waals surface area (Å²) >= 11 is 0. The van der Waals surface area contributed by atoms with Crippen LogP contribution in [0.5, 0.6) is 0 Å². The van der Waals surface area contributed by atoms with Gasteiger partial charge in [0.1, 0.15) is 0 Å². The normalized spacial score (nSPS) is 10.1. The van der Waals surface area contributed by atoms with Gasteiger partial charge in [0, 0.05) is 12.4 Å². The topological polar surface area (TPSA) is 25.8 Å². The standard InChI is InChI=1S/C10H12N2.C2H6/c1-4-8(3)10-9(5-2)11-6-7-12-10;1-2/h4-7H,2H2,1,3H3;1-2H3/b8-4-;. The van der Waals surface area contributed by atoms with Crippen LogP contribution >= 0.6 is 0 Å². The summed E-state index contributed by atoms with van der Waals surface area (Å²) in [5.74, 6) is 0. The van der Waals surface area contributed by atoms with Gasteiger partial charge in [-0.15, -0.1) is 0 Å². The molecule has 0 unspecified atom stereocenters. The molecule has 1 aromatic heterocycles. The first-order chi connectivity index (χ1) is 6.79. The van der Waals surface area contributed by atoms with Crippen LogP contribution in [-0.4, -0.2) is 9.97 Å². The second kappa shape index (κ2) is 7.01. The van der Waals surface area contributed by atoms with Gasteiger partial charge >= 0.3 is 0 Å². The molecular weight excluding hydrogens is 172 g/mol. The molecule has 0 aliphatic rings. The number of allylic oxidation sites excluding steroid dienone is 2. The van der Waals surface area contributed by atoms with Gasteiger partial charge in [-0.25, -0.2) is 0 Å². The second-order valence-electron chi connectivity index (χ2n) is 2.47. The van der Waals surface area contributed by atoms with E-state index in [9.17, 15) is 0 Å². The number of rotatable bonds is 2. The Morgan fingerprint density at radius 2 is 1.86 bits per heavy atom. The molecule has 0 fully saturated rings. The Morgan fingerprint density at radius 3 is 2.36 bits per heavy atom. The number of nitrogens with zero attached hydrogens (tertiary/aromatic N) is 2. The molecule has 0 atom stereocenters. The molecule has 0 radical (unpaired) electrons. The third-order valence-corrected chi connectivity index (χ3v) is 1.73. The van der Waals surface area contributed by atoms with Gasteiger partial charge in [-0.1, -0.05) is 26.5 Å². The van der Waals surface area contributed by atoms with E-state index in [-0.39, 0.29) is 0 Å². The molecule has 0 saturated heterocycles. The van der Waals surface area contributed by atoms with E-state index in [1.54, 1.807) is 18.5 Å². The van der Waals surface area contributed by atoms with Gasteiger partial charge in [0.15, 0.2) is 0 Å². The van der Waals surface area contributed by atoms with Crippen LogP contribution in [0.1, 0.15) is 39.1 Å². The van der Waals surface area contributed by atoms with Crippen molar-refractivity contribution in [2.45, 2.75) is 27.7 Å². The predicted molar refractivity (Wildman–Crippen MR) is 62.8 cm³/mol. The zero-order valence-corrected chi connectivity index (χ0v) is 9.41. The molecule has 1 aromatic rings. The van der Waals surface area contributed by atoms with Crippen LogP contribution in [0.3, 0.4) is 0 Å². The first-order valence-electron chi connectivity index (χ1n) is 4.86. The SMILES string of the molecule is C=Cc1nccnc1/C(C)=C\C.CC. The maximum absolute atomic E-state index is 4.22. The molecule has 2 nitrogen and oxygen atoms in total. The van der Waals surface area contributed by atoms with Crippen LogP contribution in [0, 0.1) is 0 Å².